The molecule has 32 heavy (non-hydrogen) atoms. The van der Waals surface area contributed by atoms with Gasteiger partial charge in [0.05, 0.1) is 0 Å². The minimum absolute atomic E-state index is 0.205. The van der Waals surface area contributed by atoms with Crippen LogP contribution in [0, 0.1) is 0 Å². The summed E-state index contributed by atoms with van der Waals surface area (Å²) in [6, 6.07) is 10.4. The summed E-state index contributed by atoms with van der Waals surface area (Å²) in [7, 11) is 1.73. The van der Waals surface area contributed by atoms with Crippen LogP contribution in [0.25, 0.3) is 11.2 Å². The third-order valence-corrected chi connectivity index (χ3v) is 6.91. The highest BCUT2D eigenvalue weighted by atomic mass is 16.2. The van der Waals surface area contributed by atoms with Gasteiger partial charge in [-0.15, -0.1) is 0 Å². The molecule has 8 heteroatoms. The average Bonchev–Trinajstić information content (AvgIpc) is 3.23. The molecule has 1 aromatic carbocycles. The zero-order valence-electron chi connectivity index (χ0n) is 18.9. The second-order valence-electron chi connectivity index (χ2n) is 9.01. The van der Waals surface area contributed by atoms with Crippen molar-refractivity contribution in [1.82, 2.24) is 23.6 Å². The maximum Gasteiger partial charge on any atom is 0.332 e. The quantitative estimate of drug-likeness (QED) is 0.590. The Morgan fingerprint density at radius 1 is 0.875 bits per heavy atom. The van der Waals surface area contributed by atoms with Crippen molar-refractivity contribution in [2.24, 2.45) is 7.05 Å². The molecule has 5 rings (SSSR count). The number of hydrogen-bond acceptors (Lipinski definition) is 5. The van der Waals surface area contributed by atoms with E-state index in [9.17, 15) is 9.59 Å². The second-order valence-corrected chi connectivity index (χ2v) is 9.01. The van der Waals surface area contributed by atoms with E-state index in [1.807, 2.05) is 10.6 Å². The molecule has 0 radical (unpaired) electrons. The molecule has 0 N–H and O–H groups in total. The summed E-state index contributed by atoms with van der Waals surface area (Å²) in [4.78, 5) is 35.9. The summed E-state index contributed by atoms with van der Waals surface area (Å²) in [6.07, 6.45) is 5.54. The van der Waals surface area contributed by atoms with Gasteiger partial charge in [-0.3, -0.25) is 13.9 Å². The highest BCUT2D eigenvalue weighted by Gasteiger charge is 2.26. The van der Waals surface area contributed by atoms with Crippen LogP contribution in [0.15, 0.2) is 39.9 Å². The van der Waals surface area contributed by atoms with Gasteiger partial charge < -0.3 is 14.4 Å². The Labute approximate surface area is 187 Å². The van der Waals surface area contributed by atoms with Gasteiger partial charge in [0.2, 0.25) is 5.95 Å². The van der Waals surface area contributed by atoms with Gasteiger partial charge in [0, 0.05) is 39.8 Å². The first-order chi connectivity index (χ1) is 15.6. The molecule has 4 heterocycles. The standard InChI is InChI=1S/C24H32N6O2/c1-26-21-20(22(31)30(24(26)32)18-17-27-12-6-3-7-13-27)29-15-8-14-28(23(29)25-21)16-11-19-9-4-2-5-10-19/h2,4-5,9-10H,3,6-8,11-18H2,1H3. The van der Waals surface area contributed by atoms with E-state index < -0.39 is 0 Å². The van der Waals surface area contributed by atoms with E-state index in [4.69, 9.17) is 4.98 Å². The summed E-state index contributed by atoms with van der Waals surface area (Å²) in [5.74, 6) is 0.808. The molecule has 3 aromatic rings. The largest absolute Gasteiger partial charge is 0.342 e. The Hall–Kier alpha value is -2.87. The maximum absolute atomic E-state index is 13.4. The Kier molecular flexibility index (Phi) is 5.87. The minimum atomic E-state index is -0.272. The molecule has 2 aliphatic heterocycles. The van der Waals surface area contributed by atoms with E-state index in [1.165, 1.54) is 29.4 Å². The van der Waals surface area contributed by atoms with Crippen molar-refractivity contribution >= 4 is 17.1 Å². The molecule has 0 spiro atoms. The number of nitrogens with zero attached hydrogens (tertiary/aromatic N) is 6. The lowest BCUT2D eigenvalue weighted by molar-refractivity contribution is 0.218. The number of anilines is 1. The summed E-state index contributed by atoms with van der Waals surface area (Å²) in [5.41, 5.74) is 1.86. The van der Waals surface area contributed by atoms with E-state index in [1.54, 1.807) is 11.6 Å². The van der Waals surface area contributed by atoms with Crippen LogP contribution in [0.3, 0.4) is 0 Å². The number of fused-ring (bicyclic) bond motifs is 3. The first-order valence-corrected chi connectivity index (χ1v) is 11.8. The van der Waals surface area contributed by atoms with Crippen molar-refractivity contribution in [2.75, 3.05) is 37.6 Å². The normalized spacial score (nSPS) is 17.1. The van der Waals surface area contributed by atoms with Crippen LogP contribution in [0.2, 0.25) is 0 Å². The maximum atomic E-state index is 13.4. The Morgan fingerprint density at radius 3 is 2.44 bits per heavy atom. The van der Waals surface area contributed by atoms with Crippen molar-refractivity contribution in [3.8, 4) is 0 Å². The zero-order valence-corrected chi connectivity index (χ0v) is 18.9. The molecule has 2 aliphatic rings. The first-order valence-electron chi connectivity index (χ1n) is 11.8. The SMILES string of the molecule is Cn1c(=O)n(CCN2CCCCC2)c(=O)c2c1nc1n2CCCN1CCc1ccccc1. The molecule has 0 aliphatic carbocycles. The summed E-state index contributed by atoms with van der Waals surface area (Å²) < 4.78 is 4.99. The molecule has 0 atom stereocenters. The molecule has 1 fully saturated rings. The number of aryl methyl sites for hydroxylation is 2. The fourth-order valence-corrected chi connectivity index (χ4v) is 5.08. The van der Waals surface area contributed by atoms with Crippen LogP contribution in [-0.2, 0) is 26.6 Å². The number of rotatable bonds is 6. The van der Waals surface area contributed by atoms with Crippen molar-refractivity contribution in [3.05, 3.63) is 56.7 Å². The van der Waals surface area contributed by atoms with Crippen LogP contribution in [0.4, 0.5) is 5.95 Å². The van der Waals surface area contributed by atoms with Crippen LogP contribution in [0.1, 0.15) is 31.2 Å². The lowest BCUT2D eigenvalue weighted by Gasteiger charge is -2.29. The predicted molar refractivity (Wildman–Crippen MR) is 127 cm³/mol. The third-order valence-electron chi connectivity index (χ3n) is 6.91. The van der Waals surface area contributed by atoms with Crippen LogP contribution in [-0.4, -0.2) is 56.3 Å². The third kappa shape index (κ3) is 3.88. The van der Waals surface area contributed by atoms with Crippen LogP contribution < -0.4 is 16.1 Å². The molecule has 0 amide bonds. The topological polar surface area (TPSA) is 68.3 Å². The number of likely N-dealkylation sites (tertiary alicyclic amines) is 1. The summed E-state index contributed by atoms with van der Waals surface area (Å²) in [6.45, 7) is 5.78. The van der Waals surface area contributed by atoms with Gasteiger partial charge in [-0.25, -0.2) is 4.79 Å². The number of benzene rings is 1. The van der Waals surface area contributed by atoms with Gasteiger partial charge in [-0.05, 0) is 44.3 Å². The smallest absolute Gasteiger partial charge is 0.332 e. The van der Waals surface area contributed by atoms with Crippen molar-refractivity contribution < 1.29 is 0 Å². The number of imidazole rings is 1. The molecule has 8 nitrogen and oxygen atoms in total. The highest BCUT2D eigenvalue weighted by Crippen LogP contribution is 2.24. The van der Waals surface area contributed by atoms with Crippen LogP contribution in [0.5, 0.6) is 0 Å². The Balaban J connectivity index is 1.46. The van der Waals surface area contributed by atoms with Gasteiger partial charge in [-0.2, -0.15) is 4.98 Å². The first kappa shape index (κ1) is 21.0. The van der Waals surface area contributed by atoms with Crippen molar-refractivity contribution in [1.29, 1.82) is 0 Å². The van der Waals surface area contributed by atoms with E-state index in [-0.39, 0.29) is 11.2 Å². The molecule has 0 unspecified atom stereocenters. The van der Waals surface area contributed by atoms with Gasteiger partial charge in [0.1, 0.15) is 0 Å². The molecule has 0 saturated carbocycles. The van der Waals surface area contributed by atoms with Gasteiger partial charge in [0.25, 0.3) is 5.56 Å². The minimum Gasteiger partial charge on any atom is -0.342 e. The monoisotopic (exact) mass is 436 g/mol. The average molecular weight is 437 g/mol. The summed E-state index contributed by atoms with van der Waals surface area (Å²) >= 11 is 0. The molecule has 170 valence electrons. The van der Waals surface area contributed by atoms with Crippen molar-refractivity contribution in [3.63, 3.8) is 0 Å². The Morgan fingerprint density at radius 2 is 1.66 bits per heavy atom. The lowest BCUT2D eigenvalue weighted by Crippen LogP contribution is -2.43. The van der Waals surface area contributed by atoms with E-state index in [2.05, 4.69) is 34.1 Å². The fraction of sp³-hybridized carbons (Fsp3) is 0.542. The number of hydrogen-bond donors (Lipinski definition) is 0. The van der Waals surface area contributed by atoms with Gasteiger partial charge in [0.15, 0.2) is 11.2 Å². The van der Waals surface area contributed by atoms with Crippen molar-refractivity contribution in [2.45, 2.75) is 45.2 Å². The second kappa shape index (κ2) is 8.94. The van der Waals surface area contributed by atoms with Crippen LogP contribution >= 0.6 is 0 Å². The fourth-order valence-electron chi connectivity index (χ4n) is 5.08. The van der Waals surface area contributed by atoms with Gasteiger partial charge >= 0.3 is 5.69 Å². The molecular weight excluding hydrogens is 404 g/mol. The lowest BCUT2D eigenvalue weighted by atomic mass is 10.1. The van der Waals surface area contributed by atoms with E-state index >= 15 is 0 Å². The highest BCUT2D eigenvalue weighted by molar-refractivity contribution is 5.74. The predicted octanol–water partition coefficient (Wildman–Crippen LogP) is 1.84. The van der Waals surface area contributed by atoms with E-state index in [0.717, 1.165) is 58.1 Å². The summed E-state index contributed by atoms with van der Waals surface area (Å²) in [5, 5.41) is 0. The van der Waals surface area contributed by atoms with Gasteiger partial charge in [-0.1, -0.05) is 36.8 Å². The molecule has 2 aromatic heterocycles. The zero-order chi connectivity index (χ0) is 22.1. The molecule has 0 bridgehead atoms. The Bertz CT molecular complexity index is 1200. The molecule has 1 saturated heterocycles. The number of piperidine rings is 1. The number of aromatic nitrogens is 4. The molecular formula is C24H32N6O2. The van der Waals surface area contributed by atoms with E-state index in [0.29, 0.717) is 17.7 Å².